The monoisotopic (exact) mass is 183 g/mol. The highest BCUT2D eigenvalue weighted by Crippen LogP contribution is 2.13. The zero-order valence-electron chi connectivity index (χ0n) is 8.07. The molecule has 0 radical (unpaired) electrons. The second kappa shape index (κ2) is 7.56. The van der Waals surface area contributed by atoms with Crippen LogP contribution in [0.25, 0.3) is 0 Å². The summed E-state index contributed by atoms with van der Waals surface area (Å²) in [5.74, 6) is 0.177. The lowest BCUT2D eigenvalue weighted by Crippen LogP contribution is -2.31. The van der Waals surface area contributed by atoms with Crippen LogP contribution in [0.15, 0.2) is 0 Å². The second-order valence-electron chi connectivity index (χ2n) is 2.95. The van der Waals surface area contributed by atoms with Crippen LogP contribution in [0.2, 0.25) is 0 Å². The van der Waals surface area contributed by atoms with E-state index in [0.29, 0.717) is 0 Å². The summed E-state index contributed by atoms with van der Waals surface area (Å²) in [6.07, 6.45) is 2.54. The summed E-state index contributed by atoms with van der Waals surface area (Å²) in [6.45, 7) is 4.16. The molecule has 1 heterocycles. The summed E-state index contributed by atoms with van der Waals surface area (Å²) >= 11 is 0. The van der Waals surface area contributed by atoms with Crippen molar-refractivity contribution in [2.75, 3.05) is 19.6 Å². The van der Waals surface area contributed by atoms with Gasteiger partial charge in [0.15, 0.2) is 0 Å². The molecule has 4 heteroatoms. The number of likely N-dealkylation sites (tertiary alicyclic amines) is 1. The van der Waals surface area contributed by atoms with Crippen molar-refractivity contribution in [2.45, 2.75) is 19.8 Å². The Hall–Kier alpha value is -1.08. The van der Waals surface area contributed by atoms with Gasteiger partial charge in [0.25, 0.3) is 0 Å². The third kappa shape index (κ3) is 5.21. The Labute approximate surface area is 79.3 Å². The molecule has 0 atom stereocenters. The van der Waals surface area contributed by atoms with E-state index in [0.717, 1.165) is 38.9 Å². The van der Waals surface area contributed by atoms with Gasteiger partial charge in [0.2, 0.25) is 6.41 Å². The van der Waals surface area contributed by atoms with Crippen molar-refractivity contribution in [1.82, 2.24) is 4.90 Å². The third-order valence-corrected chi connectivity index (χ3v) is 1.86. The maximum Gasteiger partial charge on any atom is 0.209 e. The van der Waals surface area contributed by atoms with Crippen molar-refractivity contribution in [1.29, 1.82) is 5.26 Å². The van der Waals surface area contributed by atoms with Crippen LogP contribution >= 0.6 is 0 Å². The number of carbonyl (C=O) groups is 1. The van der Waals surface area contributed by atoms with Gasteiger partial charge in [-0.05, 0) is 19.4 Å². The van der Waals surface area contributed by atoms with E-state index in [4.69, 9.17) is 11.0 Å². The molecule has 4 nitrogen and oxygen atoms in total. The van der Waals surface area contributed by atoms with Crippen molar-refractivity contribution in [3.63, 3.8) is 0 Å². The molecular formula is C9H17N3O. The topological polar surface area (TPSA) is 70.1 Å². The first-order chi connectivity index (χ1) is 6.28. The molecule has 0 spiro atoms. The average molecular weight is 183 g/mol. The number of nitrogens with zero attached hydrogens (tertiary/aromatic N) is 2. The fourth-order valence-electron chi connectivity index (χ4n) is 1.13. The SMILES string of the molecule is CCN.N#CC1CCN(C=O)CC1. The Morgan fingerprint density at radius 2 is 2.08 bits per heavy atom. The van der Waals surface area contributed by atoms with Gasteiger partial charge < -0.3 is 10.6 Å². The van der Waals surface area contributed by atoms with E-state index in [-0.39, 0.29) is 5.92 Å². The van der Waals surface area contributed by atoms with E-state index in [1.165, 1.54) is 0 Å². The van der Waals surface area contributed by atoms with E-state index >= 15 is 0 Å². The molecular weight excluding hydrogens is 166 g/mol. The minimum absolute atomic E-state index is 0.177. The summed E-state index contributed by atoms with van der Waals surface area (Å²) in [5.41, 5.74) is 4.85. The van der Waals surface area contributed by atoms with Crippen LogP contribution in [0.3, 0.4) is 0 Å². The molecule has 0 aliphatic carbocycles. The maximum atomic E-state index is 10.2. The largest absolute Gasteiger partial charge is 0.345 e. The van der Waals surface area contributed by atoms with Crippen LogP contribution in [0.4, 0.5) is 0 Å². The second-order valence-corrected chi connectivity index (χ2v) is 2.95. The van der Waals surface area contributed by atoms with E-state index in [1.54, 1.807) is 4.90 Å². The zero-order valence-corrected chi connectivity index (χ0v) is 8.07. The standard InChI is InChI=1S/C7H10N2O.C2H7N/c8-5-7-1-3-9(6-10)4-2-7;1-2-3/h6-7H,1-4H2;2-3H2,1H3. The van der Waals surface area contributed by atoms with Gasteiger partial charge in [0.1, 0.15) is 0 Å². The Morgan fingerprint density at radius 3 is 2.38 bits per heavy atom. The molecule has 1 aliphatic heterocycles. The molecule has 0 unspecified atom stereocenters. The highest BCUT2D eigenvalue weighted by Gasteiger charge is 2.16. The Kier molecular flexibility index (Phi) is 6.93. The van der Waals surface area contributed by atoms with Crippen LogP contribution in [-0.4, -0.2) is 30.9 Å². The van der Waals surface area contributed by atoms with Crippen molar-refractivity contribution in [3.05, 3.63) is 0 Å². The van der Waals surface area contributed by atoms with Crippen LogP contribution < -0.4 is 5.73 Å². The molecule has 1 amide bonds. The highest BCUT2D eigenvalue weighted by atomic mass is 16.1. The molecule has 74 valence electrons. The molecule has 0 bridgehead atoms. The van der Waals surface area contributed by atoms with Gasteiger partial charge in [-0.2, -0.15) is 5.26 Å². The van der Waals surface area contributed by atoms with Crippen molar-refractivity contribution < 1.29 is 4.79 Å². The molecule has 1 aliphatic rings. The lowest BCUT2D eigenvalue weighted by atomic mass is 9.99. The summed E-state index contributed by atoms with van der Waals surface area (Å²) in [6, 6.07) is 2.21. The maximum absolute atomic E-state index is 10.2. The van der Waals surface area contributed by atoms with Crippen LogP contribution in [0, 0.1) is 17.2 Å². The van der Waals surface area contributed by atoms with E-state index in [9.17, 15) is 4.79 Å². The summed E-state index contributed by atoms with van der Waals surface area (Å²) in [4.78, 5) is 11.9. The zero-order chi connectivity index (χ0) is 10.1. The number of hydrogen-bond acceptors (Lipinski definition) is 3. The molecule has 1 saturated heterocycles. The Morgan fingerprint density at radius 1 is 1.62 bits per heavy atom. The van der Waals surface area contributed by atoms with Crippen LogP contribution in [-0.2, 0) is 4.79 Å². The Bertz CT molecular complexity index is 168. The van der Waals surface area contributed by atoms with Gasteiger partial charge in [-0.15, -0.1) is 0 Å². The third-order valence-electron chi connectivity index (χ3n) is 1.86. The highest BCUT2D eigenvalue weighted by molar-refractivity contribution is 5.47. The molecule has 0 aromatic carbocycles. The fraction of sp³-hybridized carbons (Fsp3) is 0.778. The van der Waals surface area contributed by atoms with Crippen molar-refractivity contribution in [2.24, 2.45) is 11.7 Å². The summed E-state index contributed by atoms with van der Waals surface area (Å²) in [5, 5.41) is 8.49. The summed E-state index contributed by atoms with van der Waals surface area (Å²) < 4.78 is 0. The number of piperidine rings is 1. The number of rotatable bonds is 1. The first-order valence-corrected chi connectivity index (χ1v) is 4.57. The number of nitrogens with two attached hydrogens (primary N) is 1. The minimum atomic E-state index is 0.177. The minimum Gasteiger partial charge on any atom is -0.345 e. The molecule has 1 fully saturated rings. The van der Waals surface area contributed by atoms with Crippen molar-refractivity contribution >= 4 is 6.41 Å². The smallest absolute Gasteiger partial charge is 0.209 e. The van der Waals surface area contributed by atoms with Gasteiger partial charge in [-0.25, -0.2) is 0 Å². The quantitative estimate of drug-likeness (QED) is 0.596. The lowest BCUT2D eigenvalue weighted by molar-refractivity contribution is -0.119. The number of carbonyl (C=O) groups excluding carboxylic acids is 1. The van der Waals surface area contributed by atoms with Gasteiger partial charge in [0.05, 0.1) is 6.07 Å². The van der Waals surface area contributed by atoms with Gasteiger partial charge in [0, 0.05) is 19.0 Å². The predicted octanol–water partition coefficient (Wildman–Crippen LogP) is 0.343. The molecule has 2 N–H and O–H groups in total. The normalized spacial score (nSPS) is 16.8. The first-order valence-electron chi connectivity index (χ1n) is 4.57. The predicted molar refractivity (Wildman–Crippen MR) is 50.7 cm³/mol. The molecule has 0 saturated carbocycles. The van der Waals surface area contributed by atoms with Gasteiger partial charge in [-0.1, -0.05) is 6.92 Å². The van der Waals surface area contributed by atoms with Crippen molar-refractivity contribution in [3.8, 4) is 6.07 Å². The van der Waals surface area contributed by atoms with Gasteiger partial charge in [-0.3, -0.25) is 4.79 Å². The number of hydrogen-bond donors (Lipinski definition) is 1. The van der Waals surface area contributed by atoms with Gasteiger partial charge >= 0.3 is 0 Å². The lowest BCUT2D eigenvalue weighted by Gasteiger charge is -2.24. The number of amides is 1. The molecule has 0 aromatic rings. The van der Waals surface area contributed by atoms with E-state index < -0.39 is 0 Å². The van der Waals surface area contributed by atoms with Crippen LogP contribution in [0.1, 0.15) is 19.8 Å². The fourth-order valence-corrected chi connectivity index (χ4v) is 1.13. The van der Waals surface area contributed by atoms with Crippen LogP contribution in [0.5, 0.6) is 0 Å². The Balaban J connectivity index is 0.000000424. The van der Waals surface area contributed by atoms with E-state index in [1.807, 2.05) is 6.92 Å². The average Bonchev–Trinajstić information content (AvgIpc) is 2.19. The van der Waals surface area contributed by atoms with E-state index in [2.05, 4.69) is 6.07 Å². The molecule has 1 rings (SSSR count). The molecule has 0 aromatic heterocycles. The summed E-state index contributed by atoms with van der Waals surface area (Å²) in [7, 11) is 0. The molecule has 13 heavy (non-hydrogen) atoms. The number of nitriles is 1. The first kappa shape index (κ1) is 11.9.